The second-order valence-electron chi connectivity index (χ2n) is 3.42. The van der Waals surface area contributed by atoms with Crippen molar-refractivity contribution in [3.63, 3.8) is 0 Å². The number of rotatable bonds is 4. The molecule has 0 radical (unpaired) electrons. The van der Waals surface area contributed by atoms with Crippen LogP contribution in [0.1, 0.15) is 11.4 Å². The van der Waals surface area contributed by atoms with E-state index in [0.29, 0.717) is 30.4 Å². The van der Waals surface area contributed by atoms with Gasteiger partial charge < -0.3 is 15.0 Å². The van der Waals surface area contributed by atoms with Crippen LogP contribution in [0.4, 0.5) is 5.69 Å². The van der Waals surface area contributed by atoms with Gasteiger partial charge in [0.1, 0.15) is 4.88 Å². The molecule has 0 spiro atoms. The van der Waals surface area contributed by atoms with Crippen molar-refractivity contribution in [1.82, 2.24) is 10.1 Å². The molecular weight excluding hydrogens is 226 g/mol. The highest BCUT2D eigenvalue weighted by Gasteiger charge is 2.14. The Morgan fingerprint density at radius 3 is 3.00 bits per heavy atom. The van der Waals surface area contributed by atoms with Gasteiger partial charge in [-0.3, -0.25) is 0 Å². The molecule has 0 saturated carbocycles. The molecule has 0 saturated heterocycles. The lowest BCUT2D eigenvalue weighted by Crippen LogP contribution is -1.96. The Labute approximate surface area is 97.2 Å². The van der Waals surface area contributed by atoms with Crippen LogP contribution in [-0.4, -0.2) is 23.9 Å². The van der Waals surface area contributed by atoms with E-state index < -0.39 is 0 Å². The van der Waals surface area contributed by atoms with E-state index in [1.165, 1.54) is 11.3 Å². The Kier molecular flexibility index (Phi) is 3.21. The summed E-state index contributed by atoms with van der Waals surface area (Å²) in [6.07, 6.45) is 0.643. The van der Waals surface area contributed by atoms with Crippen molar-refractivity contribution in [2.45, 2.75) is 13.3 Å². The first-order chi connectivity index (χ1) is 7.72. The van der Waals surface area contributed by atoms with Gasteiger partial charge in [0.15, 0.2) is 5.82 Å². The minimum absolute atomic E-state index is 0.488. The van der Waals surface area contributed by atoms with Crippen LogP contribution in [-0.2, 0) is 11.2 Å². The molecule has 2 rings (SSSR count). The molecule has 0 fully saturated rings. The van der Waals surface area contributed by atoms with Crippen molar-refractivity contribution in [2.75, 3.05) is 19.5 Å². The van der Waals surface area contributed by atoms with Crippen molar-refractivity contribution in [1.29, 1.82) is 0 Å². The Balaban J connectivity index is 2.21. The molecular formula is C10H13N3O2S. The normalized spacial score (nSPS) is 10.9. The van der Waals surface area contributed by atoms with Crippen LogP contribution in [0.2, 0.25) is 0 Å². The maximum absolute atomic E-state index is 5.90. The second-order valence-corrected chi connectivity index (χ2v) is 4.30. The molecule has 2 aromatic heterocycles. The van der Waals surface area contributed by atoms with Crippen LogP contribution in [0.25, 0.3) is 10.8 Å². The van der Waals surface area contributed by atoms with Gasteiger partial charge in [-0.1, -0.05) is 5.16 Å². The van der Waals surface area contributed by atoms with Crippen molar-refractivity contribution in [2.24, 2.45) is 0 Å². The maximum Gasteiger partial charge on any atom is 0.270 e. The molecule has 0 aliphatic carbocycles. The molecule has 0 atom stereocenters. The molecule has 2 aromatic rings. The van der Waals surface area contributed by atoms with E-state index in [-0.39, 0.29) is 0 Å². The summed E-state index contributed by atoms with van der Waals surface area (Å²) in [4.78, 5) is 5.11. The highest BCUT2D eigenvalue weighted by molar-refractivity contribution is 7.14. The zero-order valence-corrected chi connectivity index (χ0v) is 10.0. The van der Waals surface area contributed by atoms with Gasteiger partial charge >= 0.3 is 0 Å². The molecule has 2 N–H and O–H groups in total. The predicted octanol–water partition coefficient (Wildman–Crippen LogP) is 1.88. The van der Waals surface area contributed by atoms with Crippen molar-refractivity contribution >= 4 is 17.0 Å². The van der Waals surface area contributed by atoms with Gasteiger partial charge in [-0.15, -0.1) is 11.3 Å². The highest BCUT2D eigenvalue weighted by atomic mass is 32.1. The summed E-state index contributed by atoms with van der Waals surface area (Å²) in [7, 11) is 1.64. The Morgan fingerprint density at radius 2 is 2.38 bits per heavy atom. The molecule has 86 valence electrons. The monoisotopic (exact) mass is 239 g/mol. The summed E-state index contributed by atoms with van der Waals surface area (Å²) in [6, 6.07) is 0. The van der Waals surface area contributed by atoms with Gasteiger partial charge in [-0.2, -0.15) is 4.98 Å². The van der Waals surface area contributed by atoms with Gasteiger partial charge in [0, 0.05) is 13.5 Å². The Bertz CT molecular complexity index is 478. The van der Waals surface area contributed by atoms with Crippen LogP contribution in [0.5, 0.6) is 0 Å². The molecule has 0 aliphatic rings. The lowest BCUT2D eigenvalue weighted by Gasteiger charge is -1.92. The summed E-state index contributed by atoms with van der Waals surface area (Å²) in [6.45, 7) is 2.54. The van der Waals surface area contributed by atoms with Crippen molar-refractivity contribution < 1.29 is 9.26 Å². The molecule has 0 aromatic carbocycles. The van der Waals surface area contributed by atoms with Crippen LogP contribution >= 0.6 is 11.3 Å². The third kappa shape index (κ3) is 2.07. The van der Waals surface area contributed by atoms with E-state index in [2.05, 4.69) is 10.1 Å². The summed E-state index contributed by atoms with van der Waals surface area (Å²) < 4.78 is 10.1. The zero-order valence-electron chi connectivity index (χ0n) is 9.19. The first kappa shape index (κ1) is 11.1. The van der Waals surface area contributed by atoms with E-state index in [0.717, 1.165) is 10.4 Å². The Morgan fingerprint density at radius 1 is 1.56 bits per heavy atom. The van der Waals surface area contributed by atoms with Gasteiger partial charge in [0.05, 0.1) is 12.3 Å². The minimum Gasteiger partial charge on any atom is -0.397 e. The fraction of sp³-hybridized carbons (Fsp3) is 0.400. The lowest BCUT2D eigenvalue weighted by atomic mass is 10.3. The molecule has 16 heavy (non-hydrogen) atoms. The predicted molar refractivity (Wildman–Crippen MR) is 62.3 cm³/mol. The standard InChI is InChI=1S/C10H13N3O2S/c1-6-5-16-9(8(6)11)10-12-7(13-15-10)3-4-14-2/h5H,3-4,11H2,1-2H3. The van der Waals surface area contributed by atoms with Crippen LogP contribution in [0, 0.1) is 6.92 Å². The molecule has 0 amide bonds. The molecule has 6 heteroatoms. The van der Waals surface area contributed by atoms with E-state index in [1.807, 2.05) is 12.3 Å². The average molecular weight is 239 g/mol. The molecule has 0 unspecified atom stereocenters. The number of thiophene rings is 1. The van der Waals surface area contributed by atoms with Crippen molar-refractivity contribution in [3.05, 3.63) is 16.8 Å². The van der Waals surface area contributed by atoms with Crippen LogP contribution in [0.15, 0.2) is 9.90 Å². The fourth-order valence-electron chi connectivity index (χ4n) is 1.26. The van der Waals surface area contributed by atoms with Crippen LogP contribution in [0.3, 0.4) is 0 Å². The quantitative estimate of drug-likeness (QED) is 0.881. The number of hydrogen-bond donors (Lipinski definition) is 1. The third-order valence-corrected chi connectivity index (χ3v) is 3.32. The second kappa shape index (κ2) is 4.63. The first-order valence-corrected chi connectivity index (χ1v) is 5.75. The SMILES string of the molecule is COCCc1noc(-c2scc(C)c2N)n1. The van der Waals surface area contributed by atoms with E-state index >= 15 is 0 Å². The third-order valence-electron chi connectivity index (χ3n) is 2.22. The summed E-state index contributed by atoms with van der Waals surface area (Å²) >= 11 is 1.51. The van der Waals surface area contributed by atoms with Gasteiger partial charge in [-0.05, 0) is 17.9 Å². The van der Waals surface area contributed by atoms with Crippen molar-refractivity contribution in [3.8, 4) is 10.8 Å². The number of anilines is 1. The fourth-order valence-corrected chi connectivity index (χ4v) is 2.15. The topological polar surface area (TPSA) is 74.2 Å². The van der Waals surface area contributed by atoms with Crippen LogP contribution < -0.4 is 5.73 Å². The van der Waals surface area contributed by atoms with E-state index in [4.69, 9.17) is 15.0 Å². The maximum atomic E-state index is 5.90. The molecule has 0 aliphatic heterocycles. The van der Waals surface area contributed by atoms with Gasteiger partial charge in [0.2, 0.25) is 0 Å². The number of nitrogens with zero attached hydrogens (tertiary/aromatic N) is 2. The number of ether oxygens (including phenoxy) is 1. The number of aromatic nitrogens is 2. The number of nitrogens with two attached hydrogens (primary N) is 1. The number of aryl methyl sites for hydroxylation is 1. The van der Waals surface area contributed by atoms with Gasteiger partial charge in [-0.25, -0.2) is 0 Å². The smallest absolute Gasteiger partial charge is 0.270 e. The molecule has 0 bridgehead atoms. The highest BCUT2D eigenvalue weighted by Crippen LogP contribution is 2.33. The number of methoxy groups -OCH3 is 1. The summed E-state index contributed by atoms with van der Waals surface area (Å²) in [5.41, 5.74) is 7.66. The zero-order chi connectivity index (χ0) is 11.5. The van der Waals surface area contributed by atoms with Gasteiger partial charge in [0.25, 0.3) is 5.89 Å². The minimum atomic E-state index is 0.488. The Hall–Kier alpha value is -1.40. The van der Waals surface area contributed by atoms with E-state index in [1.54, 1.807) is 7.11 Å². The summed E-state index contributed by atoms with van der Waals surface area (Å²) in [5.74, 6) is 1.13. The molecule has 5 nitrogen and oxygen atoms in total. The largest absolute Gasteiger partial charge is 0.397 e. The number of nitrogen functional groups attached to an aromatic ring is 1. The lowest BCUT2D eigenvalue weighted by molar-refractivity contribution is 0.199. The van der Waals surface area contributed by atoms with E-state index in [9.17, 15) is 0 Å². The average Bonchev–Trinajstić information content (AvgIpc) is 2.85. The first-order valence-electron chi connectivity index (χ1n) is 4.88. The molecule has 2 heterocycles. The number of hydrogen-bond acceptors (Lipinski definition) is 6. The summed E-state index contributed by atoms with van der Waals surface area (Å²) in [5, 5.41) is 5.84.